The van der Waals surface area contributed by atoms with Crippen molar-refractivity contribution in [3.8, 4) is 0 Å². The first-order chi connectivity index (χ1) is 10.2. The largest absolute Gasteiger partial charge is 1.00 e. The Morgan fingerprint density at radius 1 is 0.682 bits per heavy atom. The number of ether oxygens (including phenoxy) is 2. The fourth-order valence-corrected chi connectivity index (χ4v) is 7.95. The van der Waals surface area contributed by atoms with Gasteiger partial charge < -0.3 is 26.5 Å². The molecule has 0 saturated heterocycles. The SMILES string of the molecule is CCCC[P+](CCCC)(CCCC)CC(OCC)OCC.[Br-]. The summed E-state index contributed by atoms with van der Waals surface area (Å²) in [5, 5.41) is 0. The van der Waals surface area contributed by atoms with Gasteiger partial charge in [0.05, 0.1) is 18.5 Å². The van der Waals surface area contributed by atoms with Crippen LogP contribution in [0.3, 0.4) is 0 Å². The van der Waals surface area contributed by atoms with E-state index in [0.717, 1.165) is 13.2 Å². The Labute approximate surface area is 151 Å². The number of hydrogen-bond acceptors (Lipinski definition) is 2. The highest BCUT2D eigenvalue weighted by molar-refractivity contribution is 7.75. The molecule has 2 nitrogen and oxygen atoms in total. The van der Waals surface area contributed by atoms with Crippen molar-refractivity contribution in [2.45, 2.75) is 79.4 Å². The molecule has 0 aromatic heterocycles. The van der Waals surface area contributed by atoms with Gasteiger partial charge in [-0.3, -0.25) is 0 Å². The van der Waals surface area contributed by atoms with Crippen molar-refractivity contribution in [1.82, 2.24) is 0 Å². The molecule has 0 spiro atoms. The topological polar surface area (TPSA) is 18.5 Å². The molecule has 136 valence electrons. The van der Waals surface area contributed by atoms with Gasteiger partial charge in [0.2, 0.25) is 0 Å². The number of rotatable bonds is 15. The second-order valence-corrected chi connectivity index (χ2v) is 10.5. The van der Waals surface area contributed by atoms with Crippen LogP contribution in [-0.4, -0.2) is 44.2 Å². The maximum atomic E-state index is 5.88. The molecule has 4 heteroatoms. The van der Waals surface area contributed by atoms with Gasteiger partial charge in [0.15, 0.2) is 6.29 Å². The summed E-state index contributed by atoms with van der Waals surface area (Å²) in [7, 11) is -0.911. The van der Waals surface area contributed by atoms with E-state index in [1.807, 2.05) is 0 Å². The molecule has 0 aliphatic rings. The first-order valence-corrected chi connectivity index (χ1v) is 11.8. The summed E-state index contributed by atoms with van der Waals surface area (Å²) in [4.78, 5) is 0. The Balaban J connectivity index is 0. The van der Waals surface area contributed by atoms with Crippen molar-refractivity contribution >= 4 is 7.26 Å². The molecule has 0 N–H and O–H groups in total. The monoisotopic (exact) mass is 398 g/mol. The minimum Gasteiger partial charge on any atom is -1.00 e. The molecule has 0 unspecified atom stereocenters. The van der Waals surface area contributed by atoms with Crippen LogP contribution >= 0.6 is 7.26 Å². The average molecular weight is 399 g/mol. The maximum absolute atomic E-state index is 5.88. The van der Waals surface area contributed by atoms with Crippen LogP contribution in [0.1, 0.15) is 73.1 Å². The highest BCUT2D eigenvalue weighted by Crippen LogP contribution is 2.61. The number of halogens is 1. The molecule has 0 atom stereocenters. The fourth-order valence-electron chi connectivity index (χ4n) is 2.93. The van der Waals surface area contributed by atoms with Crippen molar-refractivity contribution in [2.75, 3.05) is 37.9 Å². The van der Waals surface area contributed by atoms with Gasteiger partial charge in [0.1, 0.15) is 6.16 Å². The molecule has 0 fully saturated rings. The van der Waals surface area contributed by atoms with E-state index in [1.54, 1.807) is 0 Å². The predicted molar refractivity (Wildman–Crippen MR) is 98.2 cm³/mol. The van der Waals surface area contributed by atoms with Gasteiger partial charge in [-0.2, -0.15) is 0 Å². The van der Waals surface area contributed by atoms with E-state index in [2.05, 4.69) is 34.6 Å². The Bertz CT molecular complexity index is 199. The summed E-state index contributed by atoms with van der Waals surface area (Å²) >= 11 is 0. The highest BCUT2D eigenvalue weighted by Gasteiger charge is 2.38. The lowest BCUT2D eigenvalue weighted by atomic mass is 10.4. The summed E-state index contributed by atoms with van der Waals surface area (Å²) in [5.41, 5.74) is 0. The lowest BCUT2D eigenvalue weighted by Gasteiger charge is -2.31. The van der Waals surface area contributed by atoms with Gasteiger partial charge in [-0.25, -0.2) is 0 Å². The first-order valence-electron chi connectivity index (χ1n) is 9.26. The number of hydrogen-bond donors (Lipinski definition) is 0. The minimum absolute atomic E-state index is 0. The third-order valence-corrected chi connectivity index (χ3v) is 9.07. The van der Waals surface area contributed by atoms with E-state index in [-0.39, 0.29) is 23.3 Å². The predicted octanol–water partition coefficient (Wildman–Crippen LogP) is 2.81. The zero-order chi connectivity index (χ0) is 16.0. The van der Waals surface area contributed by atoms with Crippen LogP contribution in [0.15, 0.2) is 0 Å². The van der Waals surface area contributed by atoms with Gasteiger partial charge in [-0.15, -0.1) is 0 Å². The summed E-state index contributed by atoms with van der Waals surface area (Å²) in [6.07, 6.45) is 13.6. The summed E-state index contributed by atoms with van der Waals surface area (Å²) in [6, 6.07) is 0. The Morgan fingerprint density at radius 2 is 1.05 bits per heavy atom. The third kappa shape index (κ3) is 11.4. The number of unbranched alkanes of at least 4 members (excludes halogenated alkanes) is 3. The van der Waals surface area contributed by atoms with Gasteiger partial charge in [-0.05, 0) is 33.1 Å². The molecule has 0 heterocycles. The standard InChI is InChI=1S/C18H40O2P.BrH/c1-6-11-14-21(15-12-7-2,16-13-8-3)17-18(19-9-4)20-10-5;/h18H,6-17H2,1-5H3;1H/q+1;/p-1. The van der Waals surface area contributed by atoms with Crippen LogP contribution in [0, 0.1) is 0 Å². The molecule has 0 radical (unpaired) electrons. The van der Waals surface area contributed by atoms with Gasteiger partial charge in [0.25, 0.3) is 0 Å². The molecule has 0 aromatic rings. The fraction of sp³-hybridized carbons (Fsp3) is 1.00. The smallest absolute Gasteiger partial charge is 0.191 e. The quantitative estimate of drug-likeness (QED) is 0.312. The van der Waals surface area contributed by atoms with Crippen LogP contribution in [0.4, 0.5) is 0 Å². The van der Waals surface area contributed by atoms with Crippen LogP contribution in [0.2, 0.25) is 0 Å². The van der Waals surface area contributed by atoms with Crippen molar-refractivity contribution in [3.63, 3.8) is 0 Å². The summed E-state index contributed by atoms with van der Waals surface area (Å²) in [6.45, 7) is 12.6. The van der Waals surface area contributed by atoms with E-state index in [9.17, 15) is 0 Å². The summed E-state index contributed by atoms with van der Waals surface area (Å²) < 4.78 is 11.8. The molecular weight excluding hydrogens is 359 g/mol. The minimum atomic E-state index is -0.911. The Kier molecular flexibility index (Phi) is 19.0. The van der Waals surface area contributed by atoms with Crippen molar-refractivity contribution < 1.29 is 26.5 Å². The molecule has 22 heavy (non-hydrogen) atoms. The first kappa shape index (κ1) is 25.1. The van der Waals surface area contributed by atoms with E-state index in [0.29, 0.717) is 0 Å². The second-order valence-electron chi connectivity index (χ2n) is 6.10. The van der Waals surface area contributed by atoms with Crippen LogP contribution < -0.4 is 17.0 Å². The molecule has 0 aliphatic heterocycles. The van der Waals surface area contributed by atoms with E-state index >= 15 is 0 Å². The zero-order valence-corrected chi connectivity index (χ0v) is 18.2. The molecule has 0 amide bonds. The van der Waals surface area contributed by atoms with E-state index in [4.69, 9.17) is 9.47 Å². The molecule has 0 aliphatic carbocycles. The normalized spacial score (nSPS) is 11.7. The second kappa shape index (κ2) is 16.7. The Hall–Kier alpha value is 0.830. The average Bonchev–Trinajstić information content (AvgIpc) is 2.49. The zero-order valence-electron chi connectivity index (χ0n) is 15.7. The summed E-state index contributed by atoms with van der Waals surface area (Å²) in [5.74, 6) is 0. The van der Waals surface area contributed by atoms with Crippen LogP contribution in [-0.2, 0) is 9.47 Å². The molecule has 0 bridgehead atoms. The van der Waals surface area contributed by atoms with Gasteiger partial charge >= 0.3 is 0 Å². The van der Waals surface area contributed by atoms with Crippen LogP contribution in [0.5, 0.6) is 0 Å². The third-order valence-electron chi connectivity index (χ3n) is 4.20. The van der Waals surface area contributed by atoms with Crippen molar-refractivity contribution in [1.29, 1.82) is 0 Å². The maximum Gasteiger partial charge on any atom is 0.191 e. The van der Waals surface area contributed by atoms with Gasteiger partial charge in [-0.1, -0.05) is 40.0 Å². The molecule has 0 rings (SSSR count). The van der Waals surface area contributed by atoms with Crippen molar-refractivity contribution in [3.05, 3.63) is 0 Å². The van der Waals surface area contributed by atoms with Crippen molar-refractivity contribution in [2.24, 2.45) is 0 Å². The lowest BCUT2D eigenvalue weighted by molar-refractivity contribution is -0.121. The molecular formula is C18H40BrO2P. The van der Waals surface area contributed by atoms with E-state index < -0.39 is 7.26 Å². The lowest BCUT2D eigenvalue weighted by Crippen LogP contribution is -3.00. The molecule has 0 saturated carbocycles. The van der Waals surface area contributed by atoms with E-state index in [1.165, 1.54) is 63.2 Å². The van der Waals surface area contributed by atoms with Crippen LogP contribution in [0.25, 0.3) is 0 Å². The highest BCUT2D eigenvalue weighted by atomic mass is 79.9. The Morgan fingerprint density at radius 3 is 1.32 bits per heavy atom. The van der Waals surface area contributed by atoms with Gasteiger partial charge in [0, 0.05) is 20.5 Å². The molecule has 0 aromatic carbocycles.